The summed E-state index contributed by atoms with van der Waals surface area (Å²) in [4.78, 5) is 17.2. The SMILES string of the molecule is CCn1c(N/N=C(/C)c2cc(C)ccc2C)nc2ccccc2c1=O. The van der Waals surface area contributed by atoms with Crippen LogP contribution in [-0.2, 0) is 6.54 Å². The monoisotopic (exact) mass is 334 g/mol. The molecule has 1 aromatic heterocycles. The molecule has 0 fully saturated rings. The van der Waals surface area contributed by atoms with Crippen LogP contribution in [0.4, 0.5) is 5.95 Å². The molecule has 3 aromatic rings. The summed E-state index contributed by atoms with van der Waals surface area (Å²) < 4.78 is 1.60. The fraction of sp³-hybridized carbons (Fsp3) is 0.250. The van der Waals surface area contributed by atoms with Crippen LogP contribution in [0.25, 0.3) is 10.9 Å². The fourth-order valence-corrected chi connectivity index (χ4v) is 2.87. The average molecular weight is 334 g/mol. The number of rotatable bonds is 4. The van der Waals surface area contributed by atoms with E-state index in [-0.39, 0.29) is 5.56 Å². The third-order valence-corrected chi connectivity index (χ3v) is 4.28. The third kappa shape index (κ3) is 3.31. The first-order valence-corrected chi connectivity index (χ1v) is 8.38. The van der Waals surface area contributed by atoms with Gasteiger partial charge in [0, 0.05) is 12.1 Å². The smallest absolute Gasteiger partial charge is 0.262 e. The van der Waals surface area contributed by atoms with E-state index in [1.165, 1.54) is 5.56 Å². The standard InChI is InChI=1S/C20H22N4O/c1-5-24-19(25)16-8-6-7-9-18(16)21-20(24)23-22-15(4)17-12-13(2)10-11-14(17)3/h6-12H,5H2,1-4H3,(H,21,23)/b22-15-. The molecule has 1 heterocycles. The third-order valence-electron chi connectivity index (χ3n) is 4.28. The fourth-order valence-electron chi connectivity index (χ4n) is 2.87. The summed E-state index contributed by atoms with van der Waals surface area (Å²) in [6, 6.07) is 13.6. The van der Waals surface area contributed by atoms with Crippen molar-refractivity contribution >= 4 is 22.6 Å². The van der Waals surface area contributed by atoms with Gasteiger partial charge in [-0.1, -0.05) is 29.8 Å². The molecule has 5 nitrogen and oxygen atoms in total. The number of anilines is 1. The van der Waals surface area contributed by atoms with E-state index in [1.54, 1.807) is 10.6 Å². The quantitative estimate of drug-likeness (QED) is 0.582. The predicted molar refractivity (Wildman–Crippen MR) is 103 cm³/mol. The molecule has 0 unspecified atom stereocenters. The van der Waals surface area contributed by atoms with E-state index < -0.39 is 0 Å². The number of para-hydroxylation sites is 1. The second-order valence-electron chi connectivity index (χ2n) is 6.13. The second-order valence-corrected chi connectivity index (χ2v) is 6.13. The second kappa shape index (κ2) is 6.89. The van der Waals surface area contributed by atoms with Crippen molar-refractivity contribution in [3.05, 3.63) is 69.5 Å². The van der Waals surface area contributed by atoms with Crippen molar-refractivity contribution in [1.29, 1.82) is 0 Å². The molecule has 0 amide bonds. The normalized spacial score (nSPS) is 11.8. The Balaban J connectivity index is 2.03. The van der Waals surface area contributed by atoms with Crippen molar-refractivity contribution in [3.8, 4) is 0 Å². The van der Waals surface area contributed by atoms with E-state index in [4.69, 9.17) is 0 Å². The molecule has 0 aliphatic carbocycles. The molecule has 0 saturated carbocycles. The van der Waals surface area contributed by atoms with Crippen LogP contribution in [0.3, 0.4) is 0 Å². The Morgan fingerprint density at radius 3 is 2.72 bits per heavy atom. The van der Waals surface area contributed by atoms with Gasteiger partial charge >= 0.3 is 0 Å². The van der Waals surface area contributed by atoms with Gasteiger partial charge in [0.2, 0.25) is 5.95 Å². The van der Waals surface area contributed by atoms with Gasteiger partial charge in [0.25, 0.3) is 5.56 Å². The van der Waals surface area contributed by atoms with Gasteiger partial charge in [0.15, 0.2) is 0 Å². The van der Waals surface area contributed by atoms with Gasteiger partial charge in [-0.25, -0.2) is 10.4 Å². The number of hydrazone groups is 1. The van der Waals surface area contributed by atoms with Crippen LogP contribution in [0.15, 0.2) is 52.4 Å². The van der Waals surface area contributed by atoms with Gasteiger partial charge in [-0.15, -0.1) is 0 Å². The molecular weight excluding hydrogens is 312 g/mol. The number of nitrogens with one attached hydrogen (secondary N) is 1. The molecule has 0 spiro atoms. The van der Waals surface area contributed by atoms with Gasteiger partial charge < -0.3 is 0 Å². The Hall–Kier alpha value is -2.95. The first-order chi connectivity index (χ1) is 12.0. The van der Waals surface area contributed by atoms with Crippen molar-refractivity contribution in [3.63, 3.8) is 0 Å². The van der Waals surface area contributed by atoms with Crippen molar-refractivity contribution in [1.82, 2.24) is 9.55 Å². The maximum atomic E-state index is 12.6. The zero-order valence-electron chi connectivity index (χ0n) is 15.0. The number of nitrogens with zero attached hydrogens (tertiary/aromatic N) is 3. The summed E-state index contributed by atoms with van der Waals surface area (Å²) in [7, 11) is 0. The molecule has 0 bridgehead atoms. The highest BCUT2D eigenvalue weighted by atomic mass is 16.1. The van der Waals surface area contributed by atoms with E-state index in [1.807, 2.05) is 32.0 Å². The highest BCUT2D eigenvalue weighted by molar-refractivity contribution is 6.00. The minimum absolute atomic E-state index is 0.0600. The highest BCUT2D eigenvalue weighted by Gasteiger charge is 2.09. The van der Waals surface area contributed by atoms with Crippen molar-refractivity contribution < 1.29 is 0 Å². The van der Waals surface area contributed by atoms with Crippen LogP contribution in [0.1, 0.15) is 30.5 Å². The molecular formula is C20H22N4O. The summed E-state index contributed by atoms with van der Waals surface area (Å²) >= 11 is 0. The first-order valence-electron chi connectivity index (χ1n) is 8.38. The number of hydrogen-bond acceptors (Lipinski definition) is 4. The lowest BCUT2D eigenvalue weighted by molar-refractivity contribution is 0.724. The van der Waals surface area contributed by atoms with Gasteiger partial charge in [0.05, 0.1) is 16.6 Å². The molecule has 1 N–H and O–H groups in total. The average Bonchev–Trinajstić information content (AvgIpc) is 2.62. The first kappa shape index (κ1) is 16.9. The Kier molecular flexibility index (Phi) is 4.65. The minimum atomic E-state index is -0.0600. The molecule has 0 aliphatic rings. The van der Waals surface area contributed by atoms with Crippen LogP contribution in [-0.4, -0.2) is 15.3 Å². The Morgan fingerprint density at radius 2 is 1.96 bits per heavy atom. The summed E-state index contributed by atoms with van der Waals surface area (Å²) in [6.07, 6.45) is 0. The Bertz CT molecular complexity index is 1020. The lowest BCUT2D eigenvalue weighted by atomic mass is 10.0. The topological polar surface area (TPSA) is 59.3 Å². The summed E-state index contributed by atoms with van der Waals surface area (Å²) in [5.74, 6) is 0.454. The maximum absolute atomic E-state index is 12.6. The molecule has 0 saturated heterocycles. The zero-order chi connectivity index (χ0) is 18.0. The van der Waals surface area contributed by atoms with E-state index in [2.05, 4.69) is 47.6 Å². The molecule has 3 rings (SSSR count). The lowest BCUT2D eigenvalue weighted by Gasteiger charge is -2.12. The number of aromatic nitrogens is 2. The minimum Gasteiger partial charge on any atom is -0.277 e. The zero-order valence-corrected chi connectivity index (χ0v) is 15.0. The van der Waals surface area contributed by atoms with Gasteiger partial charge in [-0.2, -0.15) is 5.10 Å². The van der Waals surface area contributed by atoms with Crippen molar-refractivity contribution in [2.45, 2.75) is 34.2 Å². The van der Waals surface area contributed by atoms with Crippen LogP contribution >= 0.6 is 0 Å². The lowest BCUT2D eigenvalue weighted by Crippen LogP contribution is -2.23. The number of benzene rings is 2. The molecule has 2 aromatic carbocycles. The largest absolute Gasteiger partial charge is 0.277 e. The van der Waals surface area contributed by atoms with E-state index in [9.17, 15) is 4.79 Å². The summed E-state index contributed by atoms with van der Waals surface area (Å²) in [6.45, 7) is 8.51. The van der Waals surface area contributed by atoms with E-state index in [0.717, 1.165) is 16.8 Å². The molecule has 0 radical (unpaired) electrons. The molecule has 128 valence electrons. The van der Waals surface area contributed by atoms with Crippen LogP contribution in [0, 0.1) is 13.8 Å². The van der Waals surface area contributed by atoms with E-state index in [0.29, 0.717) is 23.4 Å². The molecule has 0 atom stereocenters. The van der Waals surface area contributed by atoms with E-state index >= 15 is 0 Å². The van der Waals surface area contributed by atoms with Crippen LogP contribution in [0.2, 0.25) is 0 Å². The summed E-state index contributed by atoms with van der Waals surface area (Å²) in [5.41, 5.74) is 7.87. The van der Waals surface area contributed by atoms with Crippen LogP contribution in [0.5, 0.6) is 0 Å². The Labute approximate surface area is 147 Å². The predicted octanol–water partition coefficient (Wildman–Crippen LogP) is 3.87. The van der Waals surface area contributed by atoms with Gasteiger partial charge in [-0.05, 0) is 51.5 Å². The maximum Gasteiger partial charge on any atom is 0.262 e. The Morgan fingerprint density at radius 1 is 1.20 bits per heavy atom. The number of hydrogen-bond donors (Lipinski definition) is 1. The number of fused-ring (bicyclic) bond motifs is 1. The molecule has 25 heavy (non-hydrogen) atoms. The van der Waals surface area contributed by atoms with Crippen molar-refractivity contribution in [2.24, 2.45) is 5.10 Å². The van der Waals surface area contributed by atoms with Gasteiger partial charge in [0.1, 0.15) is 0 Å². The molecule has 0 aliphatic heterocycles. The summed E-state index contributed by atoms with van der Waals surface area (Å²) in [5, 5.41) is 5.08. The van der Waals surface area contributed by atoms with Crippen LogP contribution < -0.4 is 11.0 Å². The van der Waals surface area contributed by atoms with Crippen molar-refractivity contribution in [2.75, 3.05) is 5.43 Å². The van der Waals surface area contributed by atoms with Gasteiger partial charge in [-0.3, -0.25) is 9.36 Å². The number of aryl methyl sites for hydroxylation is 2. The highest BCUT2D eigenvalue weighted by Crippen LogP contribution is 2.14. The molecule has 5 heteroatoms.